The molecule has 2 rings (SSSR count). The van der Waals surface area contributed by atoms with Crippen molar-refractivity contribution < 1.29 is 0 Å². The molecule has 1 N–H and O–H groups in total. The van der Waals surface area contributed by atoms with Crippen molar-refractivity contribution in [2.75, 3.05) is 13.1 Å². The first-order chi connectivity index (χ1) is 6.27. The number of nitrogens with zero attached hydrogens (tertiary/aromatic N) is 1. The van der Waals surface area contributed by atoms with Crippen molar-refractivity contribution in [3.63, 3.8) is 0 Å². The molecule has 0 atom stereocenters. The average Bonchev–Trinajstić information content (AvgIpc) is 2.38. The zero-order valence-electron chi connectivity index (χ0n) is 8.67. The molecule has 0 aromatic carbocycles. The zero-order chi connectivity index (χ0) is 9.26. The van der Waals surface area contributed by atoms with E-state index in [2.05, 4.69) is 24.1 Å². The molecule has 0 bridgehead atoms. The van der Waals surface area contributed by atoms with Gasteiger partial charge in [-0.2, -0.15) is 0 Å². The van der Waals surface area contributed by atoms with Gasteiger partial charge >= 0.3 is 0 Å². The van der Waals surface area contributed by atoms with E-state index in [1.165, 1.54) is 22.0 Å². The highest BCUT2D eigenvalue weighted by molar-refractivity contribution is 8.93. The summed E-state index contributed by atoms with van der Waals surface area (Å²) < 4.78 is 0. The Morgan fingerprint density at radius 1 is 1.29 bits per heavy atom. The van der Waals surface area contributed by atoms with Crippen LogP contribution in [0.15, 0.2) is 0 Å². The Morgan fingerprint density at radius 2 is 2.00 bits per heavy atom. The number of hydrogen-bond donors (Lipinski definition) is 1. The van der Waals surface area contributed by atoms with Gasteiger partial charge in [-0.1, -0.05) is 13.8 Å². The Hall–Kier alpha value is 0.0700. The smallest absolute Gasteiger partial charge is 0.0956 e. The minimum absolute atomic E-state index is 0. The molecule has 2 nitrogen and oxygen atoms in total. The van der Waals surface area contributed by atoms with Crippen LogP contribution >= 0.6 is 28.3 Å². The van der Waals surface area contributed by atoms with E-state index in [0.717, 1.165) is 19.5 Å². The molecule has 0 unspecified atom stereocenters. The van der Waals surface area contributed by atoms with Crippen LogP contribution in [0.5, 0.6) is 0 Å². The Balaban J connectivity index is 0.000000980. The van der Waals surface area contributed by atoms with Gasteiger partial charge in [0.2, 0.25) is 0 Å². The summed E-state index contributed by atoms with van der Waals surface area (Å²) in [6.07, 6.45) is 2.28. The van der Waals surface area contributed by atoms with Crippen molar-refractivity contribution in [3.05, 3.63) is 15.6 Å². The molecule has 1 aliphatic heterocycles. The monoisotopic (exact) mass is 276 g/mol. The van der Waals surface area contributed by atoms with Gasteiger partial charge in [0.25, 0.3) is 0 Å². The van der Waals surface area contributed by atoms with Gasteiger partial charge < -0.3 is 5.32 Å². The van der Waals surface area contributed by atoms with Crippen molar-refractivity contribution in [1.82, 2.24) is 10.3 Å². The zero-order valence-corrected chi connectivity index (χ0v) is 11.2. The van der Waals surface area contributed by atoms with Crippen molar-refractivity contribution in [1.29, 1.82) is 0 Å². The highest BCUT2D eigenvalue weighted by Crippen LogP contribution is 2.26. The Morgan fingerprint density at radius 3 is 2.71 bits per heavy atom. The van der Waals surface area contributed by atoms with Crippen LogP contribution < -0.4 is 5.32 Å². The topological polar surface area (TPSA) is 24.9 Å². The van der Waals surface area contributed by atoms with E-state index in [-0.39, 0.29) is 17.0 Å². The first kappa shape index (κ1) is 12.1. The number of thiazole rings is 1. The second kappa shape index (κ2) is 5.24. The molecule has 0 fully saturated rings. The standard InChI is InChI=1S/C10H16N2S.BrH/c1-7(2)10-12-8-3-5-11-6-4-9(8)13-10;/h7,11H,3-6H2,1-2H3;1H. The minimum atomic E-state index is 0. The van der Waals surface area contributed by atoms with E-state index in [1.54, 1.807) is 0 Å². The van der Waals surface area contributed by atoms with E-state index < -0.39 is 0 Å². The van der Waals surface area contributed by atoms with Gasteiger partial charge in [-0.25, -0.2) is 4.98 Å². The number of fused-ring (bicyclic) bond motifs is 1. The molecular weight excluding hydrogens is 260 g/mol. The minimum Gasteiger partial charge on any atom is -0.316 e. The molecule has 0 saturated carbocycles. The lowest BCUT2D eigenvalue weighted by Crippen LogP contribution is -2.16. The fourth-order valence-electron chi connectivity index (χ4n) is 1.57. The van der Waals surface area contributed by atoms with Crippen molar-refractivity contribution in [2.45, 2.75) is 32.6 Å². The average molecular weight is 277 g/mol. The molecule has 4 heteroatoms. The van der Waals surface area contributed by atoms with Crippen LogP contribution in [0.4, 0.5) is 0 Å². The summed E-state index contributed by atoms with van der Waals surface area (Å²) >= 11 is 1.91. The normalized spacial score (nSPS) is 15.9. The van der Waals surface area contributed by atoms with E-state index >= 15 is 0 Å². The second-order valence-corrected chi connectivity index (χ2v) is 4.94. The third kappa shape index (κ3) is 2.55. The predicted octanol–water partition coefficient (Wildman–Crippen LogP) is 2.53. The number of aromatic nitrogens is 1. The SMILES string of the molecule is Br.CC(C)c1nc2c(s1)CCNCC2. The first-order valence-corrected chi connectivity index (χ1v) is 5.78. The van der Waals surface area contributed by atoms with Gasteiger partial charge in [-0.15, -0.1) is 28.3 Å². The maximum absolute atomic E-state index is 4.69. The van der Waals surface area contributed by atoms with Crippen molar-refractivity contribution in [3.8, 4) is 0 Å². The second-order valence-electron chi connectivity index (χ2n) is 3.83. The van der Waals surface area contributed by atoms with Crippen molar-refractivity contribution >= 4 is 28.3 Å². The molecule has 0 spiro atoms. The lowest BCUT2D eigenvalue weighted by molar-refractivity contribution is 0.706. The van der Waals surface area contributed by atoms with Crippen LogP contribution in [0, 0.1) is 0 Å². The lowest BCUT2D eigenvalue weighted by atomic mass is 10.2. The number of halogens is 1. The number of rotatable bonds is 1. The molecule has 0 radical (unpaired) electrons. The number of nitrogens with one attached hydrogen (secondary N) is 1. The molecule has 2 heterocycles. The molecule has 80 valence electrons. The molecule has 1 aliphatic rings. The fourth-order valence-corrected chi connectivity index (χ4v) is 2.69. The quantitative estimate of drug-likeness (QED) is 0.853. The summed E-state index contributed by atoms with van der Waals surface area (Å²) in [4.78, 5) is 6.20. The van der Waals surface area contributed by atoms with Crippen LogP contribution in [0.3, 0.4) is 0 Å². The van der Waals surface area contributed by atoms with E-state index in [1.807, 2.05) is 11.3 Å². The van der Waals surface area contributed by atoms with Gasteiger partial charge in [-0.05, 0) is 6.42 Å². The van der Waals surface area contributed by atoms with Crippen LogP contribution in [0.1, 0.15) is 35.3 Å². The van der Waals surface area contributed by atoms with Gasteiger partial charge in [0.05, 0.1) is 10.7 Å². The molecule has 0 aliphatic carbocycles. The summed E-state index contributed by atoms with van der Waals surface area (Å²) in [5, 5.41) is 4.71. The number of hydrogen-bond acceptors (Lipinski definition) is 3. The van der Waals surface area contributed by atoms with Crippen molar-refractivity contribution in [2.24, 2.45) is 0 Å². The molecule has 0 amide bonds. The summed E-state index contributed by atoms with van der Waals surface area (Å²) in [5.41, 5.74) is 1.35. The summed E-state index contributed by atoms with van der Waals surface area (Å²) in [5.74, 6) is 0.588. The predicted molar refractivity (Wildman–Crippen MR) is 66.8 cm³/mol. The summed E-state index contributed by atoms with van der Waals surface area (Å²) in [6, 6.07) is 0. The largest absolute Gasteiger partial charge is 0.316 e. The Kier molecular flexibility index (Phi) is 4.54. The van der Waals surface area contributed by atoms with E-state index in [0.29, 0.717) is 5.92 Å². The molecular formula is C10H17BrN2S. The Labute approximate surface area is 99.9 Å². The Bertz CT molecular complexity index is 273. The first-order valence-electron chi connectivity index (χ1n) is 4.96. The van der Waals surface area contributed by atoms with Gasteiger partial charge in [0.15, 0.2) is 0 Å². The van der Waals surface area contributed by atoms with Gasteiger partial charge in [0.1, 0.15) is 0 Å². The molecule has 0 saturated heterocycles. The van der Waals surface area contributed by atoms with E-state index in [4.69, 9.17) is 0 Å². The van der Waals surface area contributed by atoms with Crippen LogP contribution in [-0.4, -0.2) is 18.1 Å². The van der Waals surface area contributed by atoms with Crippen LogP contribution in [0.2, 0.25) is 0 Å². The molecule has 14 heavy (non-hydrogen) atoms. The van der Waals surface area contributed by atoms with Gasteiger partial charge in [0, 0.05) is 30.3 Å². The van der Waals surface area contributed by atoms with Crippen LogP contribution in [0.25, 0.3) is 0 Å². The molecule has 1 aromatic heterocycles. The van der Waals surface area contributed by atoms with E-state index in [9.17, 15) is 0 Å². The highest BCUT2D eigenvalue weighted by atomic mass is 79.9. The summed E-state index contributed by atoms with van der Waals surface area (Å²) in [7, 11) is 0. The molecule has 1 aromatic rings. The fraction of sp³-hybridized carbons (Fsp3) is 0.700. The lowest BCUT2D eigenvalue weighted by Gasteiger charge is -1.98. The highest BCUT2D eigenvalue weighted by Gasteiger charge is 2.14. The maximum atomic E-state index is 4.69. The third-order valence-corrected chi connectivity index (χ3v) is 3.81. The van der Waals surface area contributed by atoms with Crippen LogP contribution in [-0.2, 0) is 12.8 Å². The maximum Gasteiger partial charge on any atom is 0.0956 e. The third-order valence-electron chi connectivity index (χ3n) is 2.36. The summed E-state index contributed by atoms with van der Waals surface area (Å²) in [6.45, 7) is 6.65. The van der Waals surface area contributed by atoms with Gasteiger partial charge in [-0.3, -0.25) is 0 Å².